The molecule has 2 fully saturated rings. The van der Waals surface area contributed by atoms with Gasteiger partial charge in [-0.3, -0.25) is 0 Å². The van der Waals surface area contributed by atoms with Crippen molar-refractivity contribution in [2.45, 2.75) is 37.0 Å². The molecule has 80 valence electrons. The SMILES string of the molecule is NC1(c2cccc(Cl)c2)CC2CCC1O2. The smallest absolute Gasteiger partial charge is 0.0802 e. The van der Waals surface area contributed by atoms with Gasteiger partial charge in [0.2, 0.25) is 0 Å². The molecular formula is C12H14ClNO. The lowest BCUT2D eigenvalue weighted by Gasteiger charge is -2.31. The molecule has 0 spiro atoms. The molecule has 1 aromatic rings. The number of benzene rings is 1. The van der Waals surface area contributed by atoms with Crippen molar-refractivity contribution in [3.8, 4) is 0 Å². The molecule has 0 aliphatic carbocycles. The molecule has 0 amide bonds. The molecule has 2 aliphatic rings. The zero-order valence-electron chi connectivity index (χ0n) is 8.45. The van der Waals surface area contributed by atoms with Gasteiger partial charge in [0, 0.05) is 5.02 Å². The Labute approximate surface area is 94.4 Å². The summed E-state index contributed by atoms with van der Waals surface area (Å²) in [6, 6.07) is 7.85. The Hall–Kier alpha value is -0.570. The van der Waals surface area contributed by atoms with E-state index in [-0.39, 0.29) is 11.6 Å². The normalized spacial score (nSPS) is 38.5. The molecule has 2 bridgehead atoms. The maximum atomic E-state index is 6.45. The van der Waals surface area contributed by atoms with Crippen LogP contribution < -0.4 is 5.73 Å². The summed E-state index contributed by atoms with van der Waals surface area (Å²) in [4.78, 5) is 0. The summed E-state index contributed by atoms with van der Waals surface area (Å²) < 4.78 is 5.81. The first-order chi connectivity index (χ1) is 7.18. The zero-order chi connectivity index (χ0) is 10.5. The molecule has 2 aliphatic heterocycles. The van der Waals surface area contributed by atoms with E-state index < -0.39 is 0 Å². The zero-order valence-corrected chi connectivity index (χ0v) is 9.20. The van der Waals surface area contributed by atoms with E-state index in [9.17, 15) is 0 Å². The Balaban J connectivity index is 2.00. The van der Waals surface area contributed by atoms with Crippen molar-refractivity contribution in [1.82, 2.24) is 0 Å². The van der Waals surface area contributed by atoms with Gasteiger partial charge in [-0.2, -0.15) is 0 Å². The lowest BCUT2D eigenvalue weighted by Crippen LogP contribution is -2.45. The van der Waals surface area contributed by atoms with Gasteiger partial charge in [0.25, 0.3) is 0 Å². The molecule has 3 rings (SSSR count). The largest absolute Gasteiger partial charge is 0.373 e. The summed E-state index contributed by atoms with van der Waals surface area (Å²) in [6.45, 7) is 0. The first-order valence-corrected chi connectivity index (χ1v) is 5.77. The minimum absolute atomic E-state index is 0.181. The molecule has 2 saturated heterocycles. The third-order valence-corrected chi connectivity index (χ3v) is 3.84. The number of hydrogen-bond donors (Lipinski definition) is 1. The molecule has 0 radical (unpaired) electrons. The molecular weight excluding hydrogens is 210 g/mol. The topological polar surface area (TPSA) is 35.2 Å². The van der Waals surface area contributed by atoms with Gasteiger partial charge in [-0.1, -0.05) is 23.7 Å². The van der Waals surface area contributed by atoms with Gasteiger partial charge in [-0.25, -0.2) is 0 Å². The van der Waals surface area contributed by atoms with E-state index in [0.717, 1.165) is 29.8 Å². The van der Waals surface area contributed by atoms with Crippen LogP contribution in [0.4, 0.5) is 0 Å². The summed E-state index contributed by atoms with van der Waals surface area (Å²) in [5.74, 6) is 0. The Morgan fingerprint density at radius 3 is 2.87 bits per heavy atom. The van der Waals surface area contributed by atoms with Gasteiger partial charge in [0.15, 0.2) is 0 Å². The Morgan fingerprint density at radius 2 is 2.27 bits per heavy atom. The van der Waals surface area contributed by atoms with Crippen LogP contribution in [0, 0.1) is 0 Å². The van der Waals surface area contributed by atoms with Crippen LogP contribution in [0.1, 0.15) is 24.8 Å². The van der Waals surface area contributed by atoms with Gasteiger partial charge in [-0.05, 0) is 37.0 Å². The minimum atomic E-state index is -0.312. The van der Waals surface area contributed by atoms with E-state index in [4.69, 9.17) is 22.1 Å². The fraction of sp³-hybridized carbons (Fsp3) is 0.500. The fourth-order valence-corrected chi connectivity index (χ4v) is 3.02. The van der Waals surface area contributed by atoms with Crippen molar-refractivity contribution in [2.75, 3.05) is 0 Å². The van der Waals surface area contributed by atoms with Crippen LogP contribution in [0.15, 0.2) is 24.3 Å². The molecule has 0 saturated carbocycles. The number of hydrogen-bond acceptors (Lipinski definition) is 2. The second-order valence-corrected chi connectivity index (χ2v) is 5.02. The van der Waals surface area contributed by atoms with Crippen molar-refractivity contribution in [3.05, 3.63) is 34.9 Å². The second kappa shape index (κ2) is 3.21. The van der Waals surface area contributed by atoms with Crippen LogP contribution in [0.2, 0.25) is 5.02 Å². The van der Waals surface area contributed by atoms with Gasteiger partial charge in [0.05, 0.1) is 17.7 Å². The predicted molar refractivity (Wildman–Crippen MR) is 59.8 cm³/mol. The summed E-state index contributed by atoms with van der Waals surface area (Å²) in [6.07, 6.45) is 3.70. The van der Waals surface area contributed by atoms with E-state index >= 15 is 0 Å². The molecule has 0 aromatic heterocycles. The van der Waals surface area contributed by atoms with Crippen molar-refractivity contribution >= 4 is 11.6 Å². The van der Waals surface area contributed by atoms with Crippen LogP contribution in [-0.2, 0) is 10.3 Å². The van der Waals surface area contributed by atoms with Crippen molar-refractivity contribution in [2.24, 2.45) is 5.73 Å². The van der Waals surface area contributed by atoms with Gasteiger partial charge >= 0.3 is 0 Å². The number of ether oxygens (including phenoxy) is 1. The van der Waals surface area contributed by atoms with Crippen LogP contribution in [-0.4, -0.2) is 12.2 Å². The lowest BCUT2D eigenvalue weighted by molar-refractivity contribution is 0.0853. The van der Waals surface area contributed by atoms with E-state index in [1.165, 1.54) is 0 Å². The Bertz CT molecular complexity index is 395. The van der Waals surface area contributed by atoms with Crippen LogP contribution in [0.25, 0.3) is 0 Å². The third kappa shape index (κ3) is 1.40. The highest BCUT2D eigenvalue weighted by atomic mass is 35.5. The lowest BCUT2D eigenvalue weighted by atomic mass is 9.77. The molecule has 2 nitrogen and oxygen atoms in total. The van der Waals surface area contributed by atoms with Gasteiger partial charge in [0.1, 0.15) is 0 Å². The minimum Gasteiger partial charge on any atom is -0.373 e. The van der Waals surface area contributed by atoms with Crippen LogP contribution >= 0.6 is 11.6 Å². The highest BCUT2D eigenvalue weighted by molar-refractivity contribution is 6.30. The number of nitrogens with two attached hydrogens (primary N) is 1. The quantitative estimate of drug-likeness (QED) is 0.794. The second-order valence-electron chi connectivity index (χ2n) is 4.58. The van der Waals surface area contributed by atoms with Crippen molar-refractivity contribution in [3.63, 3.8) is 0 Å². The van der Waals surface area contributed by atoms with Crippen molar-refractivity contribution in [1.29, 1.82) is 0 Å². The van der Waals surface area contributed by atoms with Crippen LogP contribution in [0.3, 0.4) is 0 Å². The number of fused-ring (bicyclic) bond motifs is 2. The summed E-state index contributed by atoms with van der Waals surface area (Å²) in [5.41, 5.74) is 7.25. The van der Waals surface area contributed by atoms with Gasteiger partial charge < -0.3 is 10.5 Å². The first-order valence-electron chi connectivity index (χ1n) is 5.39. The summed E-state index contributed by atoms with van der Waals surface area (Å²) >= 11 is 5.99. The van der Waals surface area contributed by atoms with E-state index in [2.05, 4.69) is 6.07 Å². The standard InChI is InChI=1S/C12H14ClNO/c13-9-3-1-2-8(6-9)12(14)7-10-4-5-11(12)15-10/h1-3,6,10-11H,4-5,7,14H2. The molecule has 1 aromatic carbocycles. The molecule has 3 heteroatoms. The molecule has 3 unspecified atom stereocenters. The third-order valence-electron chi connectivity index (χ3n) is 3.61. The van der Waals surface area contributed by atoms with E-state index in [1.54, 1.807) is 0 Å². The Morgan fingerprint density at radius 1 is 1.40 bits per heavy atom. The number of rotatable bonds is 1. The maximum Gasteiger partial charge on any atom is 0.0802 e. The highest BCUT2D eigenvalue weighted by Gasteiger charge is 2.50. The average molecular weight is 224 g/mol. The molecule has 3 atom stereocenters. The first kappa shape index (κ1) is 9.64. The van der Waals surface area contributed by atoms with E-state index in [1.807, 2.05) is 18.2 Å². The van der Waals surface area contributed by atoms with Crippen LogP contribution in [0.5, 0.6) is 0 Å². The van der Waals surface area contributed by atoms with E-state index in [0.29, 0.717) is 6.10 Å². The summed E-state index contributed by atoms with van der Waals surface area (Å²) in [7, 11) is 0. The summed E-state index contributed by atoms with van der Waals surface area (Å²) in [5, 5.41) is 0.750. The molecule has 2 heterocycles. The molecule has 15 heavy (non-hydrogen) atoms. The maximum absolute atomic E-state index is 6.45. The number of halogens is 1. The van der Waals surface area contributed by atoms with Crippen molar-refractivity contribution < 1.29 is 4.74 Å². The monoisotopic (exact) mass is 223 g/mol. The van der Waals surface area contributed by atoms with Gasteiger partial charge in [-0.15, -0.1) is 0 Å². The predicted octanol–water partition coefficient (Wildman–Crippen LogP) is 2.45. The fourth-order valence-electron chi connectivity index (χ4n) is 2.82. The highest BCUT2D eigenvalue weighted by Crippen LogP contribution is 2.46. The molecule has 2 N–H and O–H groups in total. The Kier molecular flexibility index (Phi) is 2.06. The average Bonchev–Trinajstić information content (AvgIpc) is 2.78.